The Balaban J connectivity index is 1.09. The smallest absolute Gasteiger partial charge is 0.160 e. The first-order valence-electron chi connectivity index (χ1n) is 19.1. The highest BCUT2D eigenvalue weighted by molar-refractivity contribution is 7.26. The second kappa shape index (κ2) is 13.1. The van der Waals surface area contributed by atoms with Crippen LogP contribution in [0.3, 0.4) is 0 Å². The summed E-state index contributed by atoms with van der Waals surface area (Å²) in [6, 6.07) is 74.4. The van der Waals surface area contributed by atoms with Gasteiger partial charge in [-0.25, -0.2) is 9.97 Å². The number of thiophene rings is 1. The first kappa shape index (κ1) is 32.5. The van der Waals surface area contributed by atoms with Gasteiger partial charge in [-0.1, -0.05) is 194 Å². The third kappa shape index (κ3) is 5.02. The van der Waals surface area contributed by atoms with Gasteiger partial charge in [-0.2, -0.15) is 0 Å². The van der Waals surface area contributed by atoms with E-state index < -0.39 is 5.41 Å². The summed E-state index contributed by atoms with van der Waals surface area (Å²) in [4.78, 5) is 10.5. The summed E-state index contributed by atoms with van der Waals surface area (Å²) in [5, 5.41) is 2.58. The first-order chi connectivity index (χ1) is 27.8. The molecule has 0 amide bonds. The predicted octanol–water partition coefficient (Wildman–Crippen LogP) is 13.9. The molecule has 0 radical (unpaired) electrons. The molecule has 3 heteroatoms. The number of rotatable bonds is 6. The Labute approximate surface area is 330 Å². The molecule has 262 valence electrons. The van der Waals surface area contributed by atoms with Crippen molar-refractivity contribution < 1.29 is 0 Å². The molecule has 0 bridgehead atoms. The molecule has 56 heavy (non-hydrogen) atoms. The maximum Gasteiger partial charge on any atom is 0.160 e. The number of nitrogens with zero attached hydrogens (tertiary/aromatic N) is 2. The van der Waals surface area contributed by atoms with Crippen molar-refractivity contribution in [1.29, 1.82) is 0 Å². The fourth-order valence-electron chi connectivity index (χ4n) is 8.95. The van der Waals surface area contributed by atoms with Gasteiger partial charge < -0.3 is 0 Å². The van der Waals surface area contributed by atoms with E-state index >= 15 is 0 Å². The molecule has 0 N–H and O–H groups in total. The second-order valence-electron chi connectivity index (χ2n) is 14.4. The summed E-state index contributed by atoms with van der Waals surface area (Å²) in [5.41, 5.74) is 14.5. The molecule has 2 nitrogen and oxygen atoms in total. The lowest BCUT2D eigenvalue weighted by Gasteiger charge is -2.34. The number of hydrogen-bond acceptors (Lipinski definition) is 3. The van der Waals surface area contributed by atoms with Crippen LogP contribution in [0.2, 0.25) is 0 Å². The molecule has 0 spiro atoms. The lowest BCUT2D eigenvalue weighted by atomic mass is 9.67. The van der Waals surface area contributed by atoms with E-state index in [2.05, 4.69) is 200 Å². The molecule has 2 aromatic heterocycles. The maximum atomic E-state index is 5.28. The van der Waals surface area contributed by atoms with Crippen molar-refractivity contribution in [2.45, 2.75) is 5.41 Å². The largest absolute Gasteiger partial charge is 0.228 e. The molecule has 2 heterocycles. The lowest BCUT2D eigenvalue weighted by molar-refractivity contribution is 0.768. The van der Waals surface area contributed by atoms with Gasteiger partial charge in [0.1, 0.15) is 0 Å². The van der Waals surface area contributed by atoms with Crippen LogP contribution >= 0.6 is 11.3 Å². The van der Waals surface area contributed by atoms with Crippen LogP contribution in [0.4, 0.5) is 0 Å². The quantitative estimate of drug-likeness (QED) is 0.170. The van der Waals surface area contributed by atoms with Gasteiger partial charge in [0.25, 0.3) is 0 Å². The van der Waals surface area contributed by atoms with Crippen molar-refractivity contribution in [2.75, 3.05) is 0 Å². The van der Waals surface area contributed by atoms with Crippen molar-refractivity contribution in [1.82, 2.24) is 9.97 Å². The van der Waals surface area contributed by atoms with Crippen molar-refractivity contribution in [2.24, 2.45) is 0 Å². The Hall–Kier alpha value is -6.94. The summed E-state index contributed by atoms with van der Waals surface area (Å²) in [7, 11) is 0. The first-order valence-corrected chi connectivity index (χ1v) is 19.9. The van der Waals surface area contributed by atoms with E-state index in [1.54, 1.807) is 0 Å². The molecule has 0 fully saturated rings. The Kier molecular flexibility index (Phi) is 7.61. The van der Waals surface area contributed by atoms with Crippen LogP contribution in [0, 0.1) is 0 Å². The minimum Gasteiger partial charge on any atom is -0.228 e. The Morgan fingerprint density at radius 1 is 0.357 bits per heavy atom. The molecule has 11 rings (SSSR count). The number of aromatic nitrogens is 2. The van der Waals surface area contributed by atoms with Gasteiger partial charge in [0.15, 0.2) is 5.82 Å². The van der Waals surface area contributed by atoms with Crippen LogP contribution in [-0.2, 0) is 5.41 Å². The maximum absolute atomic E-state index is 5.28. The zero-order chi connectivity index (χ0) is 37.1. The molecule has 0 saturated carbocycles. The van der Waals surface area contributed by atoms with Gasteiger partial charge in [0.05, 0.1) is 16.8 Å². The fraction of sp³-hybridized carbons (Fsp3) is 0.0189. The van der Waals surface area contributed by atoms with E-state index in [1.807, 2.05) is 17.4 Å². The minimum absolute atomic E-state index is 0.453. The highest BCUT2D eigenvalue weighted by atomic mass is 32.1. The monoisotopic (exact) mass is 730 g/mol. The molecular weight excluding hydrogens is 697 g/mol. The Morgan fingerprint density at radius 3 is 1.62 bits per heavy atom. The minimum atomic E-state index is -0.453. The van der Waals surface area contributed by atoms with Gasteiger partial charge in [0.2, 0.25) is 0 Å². The predicted molar refractivity (Wildman–Crippen MR) is 234 cm³/mol. The van der Waals surface area contributed by atoms with Crippen LogP contribution in [-0.4, -0.2) is 9.97 Å². The number of benzene rings is 8. The van der Waals surface area contributed by atoms with Gasteiger partial charge >= 0.3 is 0 Å². The Morgan fingerprint density at radius 2 is 0.893 bits per heavy atom. The van der Waals surface area contributed by atoms with E-state index in [-0.39, 0.29) is 0 Å². The fourth-order valence-corrected chi connectivity index (χ4v) is 10.2. The average Bonchev–Trinajstić information content (AvgIpc) is 3.81. The van der Waals surface area contributed by atoms with Gasteiger partial charge in [-0.3, -0.25) is 0 Å². The molecule has 0 atom stereocenters. The van der Waals surface area contributed by atoms with Crippen molar-refractivity contribution in [3.05, 3.63) is 229 Å². The zero-order valence-electron chi connectivity index (χ0n) is 30.4. The van der Waals surface area contributed by atoms with E-state index in [9.17, 15) is 0 Å². The van der Waals surface area contributed by atoms with Gasteiger partial charge in [-0.05, 0) is 51.1 Å². The molecule has 0 aliphatic heterocycles. The van der Waals surface area contributed by atoms with Gasteiger partial charge in [0, 0.05) is 42.4 Å². The SMILES string of the molecule is c1ccc(-c2nc(-c3ccc(C4(c5ccccc5)c5ccccc5-c5ccccc54)cc3)cc(-c3ccccc3-c3cccc4c3sc3ccccc34)n2)cc1. The summed E-state index contributed by atoms with van der Waals surface area (Å²) >= 11 is 1.86. The normalized spacial score (nSPS) is 12.8. The lowest BCUT2D eigenvalue weighted by Crippen LogP contribution is -2.28. The Bertz CT molecular complexity index is 3030. The van der Waals surface area contributed by atoms with Crippen molar-refractivity contribution in [3.63, 3.8) is 0 Å². The van der Waals surface area contributed by atoms with Crippen LogP contribution in [0.15, 0.2) is 206 Å². The van der Waals surface area contributed by atoms with Gasteiger partial charge in [-0.15, -0.1) is 11.3 Å². The summed E-state index contributed by atoms with van der Waals surface area (Å²) in [6.07, 6.45) is 0. The zero-order valence-corrected chi connectivity index (χ0v) is 31.2. The highest BCUT2D eigenvalue weighted by Crippen LogP contribution is 2.56. The molecular formula is C53H34N2S. The molecule has 0 unspecified atom stereocenters. The van der Waals surface area contributed by atoms with E-state index in [0.717, 1.165) is 33.6 Å². The van der Waals surface area contributed by atoms with E-state index in [0.29, 0.717) is 5.82 Å². The summed E-state index contributed by atoms with van der Waals surface area (Å²) in [5.74, 6) is 0.705. The molecule has 0 saturated heterocycles. The highest BCUT2D eigenvalue weighted by Gasteiger charge is 2.45. The van der Waals surface area contributed by atoms with Crippen LogP contribution in [0.5, 0.6) is 0 Å². The van der Waals surface area contributed by atoms with Crippen molar-refractivity contribution >= 4 is 31.5 Å². The number of hydrogen-bond donors (Lipinski definition) is 0. The van der Waals surface area contributed by atoms with E-state index in [4.69, 9.17) is 9.97 Å². The topological polar surface area (TPSA) is 25.8 Å². The van der Waals surface area contributed by atoms with Crippen molar-refractivity contribution in [3.8, 4) is 56.2 Å². The van der Waals surface area contributed by atoms with Crippen LogP contribution in [0.1, 0.15) is 22.3 Å². The third-order valence-electron chi connectivity index (χ3n) is 11.4. The van der Waals surface area contributed by atoms with E-state index in [1.165, 1.54) is 59.1 Å². The molecule has 10 aromatic rings. The van der Waals surface area contributed by atoms with Crippen LogP contribution in [0.25, 0.3) is 76.3 Å². The summed E-state index contributed by atoms with van der Waals surface area (Å²) < 4.78 is 2.59. The second-order valence-corrected chi connectivity index (χ2v) is 15.5. The third-order valence-corrected chi connectivity index (χ3v) is 12.6. The average molecular weight is 731 g/mol. The standard InChI is InChI=1S/C53H34N2S/c1-3-16-36(17-4-1)52-54-48(34-49(55-52)42-23-8-7-20-39(42)44-25-15-26-45-43-24-11-14-29-50(43)56-51(44)45)35-30-32-38(33-31-35)53(37-18-5-2-6-19-37)46-27-12-9-21-40(46)41-22-10-13-28-47(41)53/h1-34H. The molecule has 8 aromatic carbocycles. The molecule has 1 aliphatic rings. The molecule has 1 aliphatic carbocycles. The van der Waals surface area contributed by atoms with Crippen LogP contribution < -0.4 is 0 Å². The summed E-state index contributed by atoms with van der Waals surface area (Å²) in [6.45, 7) is 0. The number of fused-ring (bicyclic) bond motifs is 6.